The topological polar surface area (TPSA) is 27.1 Å². The quantitative estimate of drug-likeness (QED) is 0.740. The summed E-state index contributed by atoms with van der Waals surface area (Å²) in [6.45, 7) is 4.56. The largest absolute Gasteiger partial charge is 0.412 e. The number of nitrogens with zero attached hydrogens (tertiary/aromatic N) is 2. The average Bonchev–Trinajstić information content (AvgIpc) is 2.13. The molecule has 0 atom stereocenters. The van der Waals surface area contributed by atoms with Crippen LogP contribution in [0.4, 0.5) is 0 Å². The molecule has 0 spiro atoms. The van der Waals surface area contributed by atoms with Crippen molar-refractivity contribution >= 4 is 22.6 Å². The first kappa shape index (κ1) is 7.84. The lowest BCUT2D eigenvalue weighted by atomic mass is 10.6. The average molecular weight is 252 g/mol. The third-order valence-corrected chi connectivity index (χ3v) is 1.74. The zero-order valence-electron chi connectivity index (χ0n) is 5.97. The number of imidazole rings is 1. The molecule has 56 valence electrons. The Hall–Kier alpha value is -0.260. The summed E-state index contributed by atoms with van der Waals surface area (Å²) < 4.78 is 2.55. The highest BCUT2D eigenvalue weighted by molar-refractivity contribution is 14.1. The van der Waals surface area contributed by atoms with Gasteiger partial charge in [-0.2, -0.15) is 4.73 Å². The molecule has 0 aliphatic rings. The van der Waals surface area contributed by atoms with Gasteiger partial charge in [-0.05, 0) is 13.8 Å². The second-order valence-electron chi connectivity index (χ2n) is 1.89. The van der Waals surface area contributed by atoms with Crippen molar-refractivity contribution in [2.45, 2.75) is 13.8 Å². The molecule has 1 aromatic rings. The SMILES string of the molecule is CCOn1cc(C)nc1I. The van der Waals surface area contributed by atoms with Gasteiger partial charge in [0.25, 0.3) is 0 Å². The van der Waals surface area contributed by atoms with E-state index in [1.165, 1.54) is 0 Å². The molecule has 0 saturated carbocycles. The van der Waals surface area contributed by atoms with E-state index in [4.69, 9.17) is 4.84 Å². The number of hydrogen-bond acceptors (Lipinski definition) is 2. The van der Waals surface area contributed by atoms with Gasteiger partial charge in [-0.15, -0.1) is 0 Å². The minimum absolute atomic E-state index is 0.672. The summed E-state index contributed by atoms with van der Waals surface area (Å²) in [7, 11) is 0. The van der Waals surface area contributed by atoms with Crippen molar-refractivity contribution in [1.82, 2.24) is 9.71 Å². The van der Waals surface area contributed by atoms with Crippen LogP contribution in [-0.4, -0.2) is 16.3 Å². The van der Waals surface area contributed by atoms with Crippen molar-refractivity contribution in [2.75, 3.05) is 6.61 Å². The van der Waals surface area contributed by atoms with Crippen LogP contribution in [0.1, 0.15) is 12.6 Å². The van der Waals surface area contributed by atoms with Crippen LogP contribution < -0.4 is 4.84 Å². The standard InChI is InChI=1S/C6H9IN2O/c1-3-10-9-4-5(2)8-6(9)7/h4H,3H2,1-2H3. The van der Waals surface area contributed by atoms with Gasteiger partial charge in [0.05, 0.1) is 11.9 Å². The molecule has 0 aliphatic carbocycles. The van der Waals surface area contributed by atoms with E-state index in [0.29, 0.717) is 6.61 Å². The Bertz CT molecular complexity index is 222. The Kier molecular flexibility index (Phi) is 2.53. The minimum atomic E-state index is 0.672. The van der Waals surface area contributed by atoms with E-state index in [9.17, 15) is 0 Å². The molecule has 4 heteroatoms. The second-order valence-corrected chi connectivity index (χ2v) is 2.86. The summed E-state index contributed by atoms with van der Waals surface area (Å²) >= 11 is 2.13. The minimum Gasteiger partial charge on any atom is -0.412 e. The van der Waals surface area contributed by atoms with E-state index >= 15 is 0 Å². The molecule has 0 fully saturated rings. The maximum absolute atomic E-state index is 5.20. The smallest absolute Gasteiger partial charge is 0.206 e. The van der Waals surface area contributed by atoms with E-state index in [1.54, 1.807) is 4.73 Å². The predicted octanol–water partition coefficient (Wildman–Crippen LogP) is 1.24. The summed E-state index contributed by atoms with van der Waals surface area (Å²) in [5, 5.41) is 0. The van der Waals surface area contributed by atoms with Crippen molar-refractivity contribution in [1.29, 1.82) is 0 Å². The maximum atomic E-state index is 5.20. The van der Waals surface area contributed by atoms with Gasteiger partial charge < -0.3 is 4.84 Å². The molecule has 0 aliphatic heterocycles. The fraction of sp³-hybridized carbons (Fsp3) is 0.500. The Morgan fingerprint density at radius 1 is 1.80 bits per heavy atom. The first-order valence-electron chi connectivity index (χ1n) is 3.09. The molecule has 1 heterocycles. The molecule has 0 saturated heterocycles. The number of aryl methyl sites for hydroxylation is 1. The van der Waals surface area contributed by atoms with E-state index in [1.807, 2.05) is 20.0 Å². The van der Waals surface area contributed by atoms with Gasteiger partial charge in [0.2, 0.25) is 3.83 Å². The molecule has 0 radical (unpaired) electrons. The first-order valence-corrected chi connectivity index (χ1v) is 4.16. The monoisotopic (exact) mass is 252 g/mol. The van der Waals surface area contributed by atoms with E-state index in [2.05, 4.69) is 27.6 Å². The Morgan fingerprint density at radius 2 is 2.50 bits per heavy atom. The summed E-state index contributed by atoms with van der Waals surface area (Å²) in [5.74, 6) is 0. The lowest BCUT2D eigenvalue weighted by Crippen LogP contribution is -2.10. The summed E-state index contributed by atoms with van der Waals surface area (Å²) in [6.07, 6.45) is 1.87. The predicted molar refractivity (Wildman–Crippen MR) is 46.8 cm³/mol. The van der Waals surface area contributed by atoms with Gasteiger partial charge in [-0.1, -0.05) is 0 Å². The van der Waals surface area contributed by atoms with Crippen LogP contribution in [0.3, 0.4) is 0 Å². The third-order valence-electron chi connectivity index (χ3n) is 1.02. The fourth-order valence-corrected chi connectivity index (χ4v) is 1.34. The Labute approximate surface area is 73.5 Å². The number of aromatic nitrogens is 2. The fourth-order valence-electron chi connectivity index (χ4n) is 0.676. The van der Waals surface area contributed by atoms with Crippen LogP contribution in [0.15, 0.2) is 6.20 Å². The Morgan fingerprint density at radius 3 is 2.90 bits per heavy atom. The van der Waals surface area contributed by atoms with Gasteiger partial charge in [-0.25, -0.2) is 4.98 Å². The molecule has 3 nitrogen and oxygen atoms in total. The molecule has 0 bridgehead atoms. The van der Waals surface area contributed by atoms with Crippen LogP contribution in [0.5, 0.6) is 0 Å². The van der Waals surface area contributed by atoms with Crippen molar-refractivity contribution in [3.63, 3.8) is 0 Å². The zero-order valence-corrected chi connectivity index (χ0v) is 8.12. The van der Waals surface area contributed by atoms with Gasteiger partial charge in [-0.3, -0.25) is 0 Å². The van der Waals surface area contributed by atoms with Crippen molar-refractivity contribution in [3.8, 4) is 0 Å². The lowest BCUT2D eigenvalue weighted by Gasteiger charge is -2.01. The number of rotatable bonds is 2. The van der Waals surface area contributed by atoms with Gasteiger partial charge in [0.15, 0.2) is 0 Å². The van der Waals surface area contributed by atoms with E-state index < -0.39 is 0 Å². The van der Waals surface area contributed by atoms with Crippen LogP contribution in [-0.2, 0) is 0 Å². The van der Waals surface area contributed by atoms with E-state index in [-0.39, 0.29) is 0 Å². The first-order chi connectivity index (χ1) is 4.74. The third kappa shape index (κ3) is 1.62. The van der Waals surface area contributed by atoms with Gasteiger partial charge in [0, 0.05) is 22.6 Å². The highest BCUT2D eigenvalue weighted by Crippen LogP contribution is 2.02. The molecule has 0 N–H and O–H groups in total. The van der Waals surface area contributed by atoms with Crippen LogP contribution in [0.25, 0.3) is 0 Å². The summed E-state index contributed by atoms with van der Waals surface area (Å²) in [5.41, 5.74) is 0.984. The molecule has 0 aromatic carbocycles. The van der Waals surface area contributed by atoms with Gasteiger partial charge >= 0.3 is 0 Å². The summed E-state index contributed by atoms with van der Waals surface area (Å²) in [6, 6.07) is 0. The van der Waals surface area contributed by atoms with Crippen molar-refractivity contribution in [2.24, 2.45) is 0 Å². The van der Waals surface area contributed by atoms with Crippen molar-refractivity contribution in [3.05, 3.63) is 15.7 Å². The number of halogens is 1. The van der Waals surface area contributed by atoms with Crippen molar-refractivity contribution < 1.29 is 4.84 Å². The normalized spacial score (nSPS) is 9.90. The van der Waals surface area contributed by atoms with Gasteiger partial charge in [0.1, 0.15) is 6.61 Å². The highest BCUT2D eigenvalue weighted by Gasteiger charge is 1.99. The molecule has 0 amide bonds. The second kappa shape index (κ2) is 3.23. The van der Waals surface area contributed by atoms with Crippen LogP contribution in [0.2, 0.25) is 0 Å². The maximum Gasteiger partial charge on any atom is 0.206 e. The Balaban J connectivity index is 2.81. The van der Waals surface area contributed by atoms with E-state index in [0.717, 1.165) is 9.53 Å². The molecule has 1 aromatic heterocycles. The molecule has 0 unspecified atom stereocenters. The van der Waals surface area contributed by atoms with Crippen LogP contribution in [0, 0.1) is 10.8 Å². The summed E-state index contributed by atoms with van der Waals surface area (Å²) in [4.78, 5) is 9.36. The zero-order chi connectivity index (χ0) is 7.56. The molecule has 10 heavy (non-hydrogen) atoms. The van der Waals surface area contributed by atoms with Crippen LogP contribution >= 0.6 is 22.6 Å². The number of hydrogen-bond donors (Lipinski definition) is 0. The lowest BCUT2D eigenvalue weighted by molar-refractivity contribution is 0.115. The molecule has 1 rings (SSSR count). The molecular formula is C6H9IN2O. The molecular weight excluding hydrogens is 243 g/mol. The highest BCUT2D eigenvalue weighted by atomic mass is 127.